The molecule has 4 aromatic rings. The molecule has 2 heterocycles. The smallest absolute Gasteiger partial charge is 0.254 e. The maximum absolute atomic E-state index is 12.9. The van der Waals surface area contributed by atoms with Gasteiger partial charge in [0.2, 0.25) is 5.91 Å². The van der Waals surface area contributed by atoms with E-state index in [1.54, 1.807) is 23.6 Å². The molecule has 7 heteroatoms. The van der Waals surface area contributed by atoms with Gasteiger partial charge in [-0.15, -0.1) is 11.3 Å². The SMILES string of the molecule is O=C(Cn1c2ccccc2c(=O)c2ccccc21)Nc1sccc1C(=O)NC1CC1. The molecule has 0 saturated heterocycles. The largest absolute Gasteiger partial charge is 0.349 e. The van der Waals surface area contributed by atoms with Crippen molar-refractivity contribution in [3.05, 3.63) is 75.8 Å². The van der Waals surface area contributed by atoms with Crippen LogP contribution in [-0.2, 0) is 11.3 Å². The Labute approximate surface area is 176 Å². The Bertz CT molecular complexity index is 1290. The maximum atomic E-state index is 12.9. The van der Waals surface area contributed by atoms with Gasteiger partial charge in [0.1, 0.15) is 11.5 Å². The Morgan fingerprint density at radius 3 is 2.23 bits per heavy atom. The number of hydrogen-bond donors (Lipinski definition) is 2. The number of para-hydroxylation sites is 2. The number of rotatable bonds is 5. The highest BCUT2D eigenvalue weighted by atomic mass is 32.1. The standard InChI is InChI=1S/C23H19N3O3S/c27-20(25-23-17(11-12-30-23)22(29)24-14-9-10-14)13-26-18-7-3-1-5-15(18)21(28)16-6-2-4-8-19(16)26/h1-8,11-12,14H,9-10,13H2,(H,24,29)(H,25,27). The van der Waals surface area contributed by atoms with Crippen LogP contribution < -0.4 is 16.1 Å². The molecule has 150 valence electrons. The van der Waals surface area contributed by atoms with Gasteiger partial charge in [0.05, 0.1) is 16.6 Å². The van der Waals surface area contributed by atoms with Crippen LogP contribution in [0.3, 0.4) is 0 Å². The monoisotopic (exact) mass is 417 g/mol. The number of aromatic nitrogens is 1. The van der Waals surface area contributed by atoms with Crippen LogP contribution in [0.4, 0.5) is 5.00 Å². The number of carbonyl (C=O) groups is 2. The number of amides is 2. The van der Waals surface area contributed by atoms with E-state index in [0.29, 0.717) is 32.4 Å². The van der Waals surface area contributed by atoms with Crippen molar-refractivity contribution in [1.82, 2.24) is 9.88 Å². The fourth-order valence-corrected chi connectivity index (χ4v) is 4.43. The molecule has 0 unspecified atom stereocenters. The van der Waals surface area contributed by atoms with Gasteiger partial charge in [-0.2, -0.15) is 0 Å². The molecule has 2 aromatic carbocycles. The van der Waals surface area contributed by atoms with Gasteiger partial charge in [-0.3, -0.25) is 14.4 Å². The van der Waals surface area contributed by atoms with Crippen LogP contribution in [0.15, 0.2) is 64.8 Å². The maximum Gasteiger partial charge on any atom is 0.254 e. The molecule has 0 atom stereocenters. The van der Waals surface area contributed by atoms with Crippen molar-refractivity contribution >= 4 is 50.0 Å². The lowest BCUT2D eigenvalue weighted by Crippen LogP contribution is -2.27. The zero-order valence-electron chi connectivity index (χ0n) is 16.1. The van der Waals surface area contributed by atoms with E-state index < -0.39 is 0 Å². The van der Waals surface area contributed by atoms with E-state index in [1.807, 2.05) is 41.0 Å². The molecule has 0 spiro atoms. The number of thiophene rings is 1. The summed E-state index contributed by atoms with van der Waals surface area (Å²) in [6.07, 6.45) is 2.01. The Balaban J connectivity index is 1.48. The van der Waals surface area contributed by atoms with Gasteiger partial charge >= 0.3 is 0 Å². The second kappa shape index (κ2) is 7.42. The van der Waals surface area contributed by atoms with Gasteiger partial charge in [-0.1, -0.05) is 24.3 Å². The summed E-state index contributed by atoms with van der Waals surface area (Å²) in [6.45, 7) is 0.0306. The molecular formula is C23H19N3O3S. The van der Waals surface area contributed by atoms with Crippen molar-refractivity contribution in [3.63, 3.8) is 0 Å². The molecule has 2 N–H and O–H groups in total. The first kappa shape index (κ1) is 18.6. The summed E-state index contributed by atoms with van der Waals surface area (Å²) in [4.78, 5) is 38.2. The van der Waals surface area contributed by atoms with Crippen LogP contribution in [0.2, 0.25) is 0 Å². The molecule has 5 rings (SSSR count). The number of hydrogen-bond acceptors (Lipinski definition) is 4. The average molecular weight is 417 g/mol. The number of fused-ring (bicyclic) bond motifs is 2. The molecule has 0 radical (unpaired) electrons. The molecule has 1 aliphatic carbocycles. The van der Waals surface area contributed by atoms with Gasteiger partial charge in [0.15, 0.2) is 5.43 Å². The number of carbonyl (C=O) groups excluding carboxylic acids is 2. The number of nitrogens with zero attached hydrogens (tertiary/aromatic N) is 1. The van der Waals surface area contributed by atoms with E-state index in [9.17, 15) is 14.4 Å². The third-order valence-corrected chi connectivity index (χ3v) is 6.09. The lowest BCUT2D eigenvalue weighted by atomic mass is 10.1. The molecule has 0 aliphatic heterocycles. The summed E-state index contributed by atoms with van der Waals surface area (Å²) in [5, 5.41) is 9.30. The molecule has 1 aliphatic rings. The second-order valence-electron chi connectivity index (χ2n) is 7.41. The zero-order chi connectivity index (χ0) is 20.7. The summed E-state index contributed by atoms with van der Waals surface area (Å²) in [7, 11) is 0. The number of nitrogens with one attached hydrogen (secondary N) is 2. The number of pyridine rings is 1. The minimum absolute atomic E-state index is 0.0306. The van der Waals surface area contributed by atoms with Gasteiger partial charge in [-0.05, 0) is 48.6 Å². The number of anilines is 1. The van der Waals surface area contributed by atoms with E-state index in [-0.39, 0.29) is 29.8 Å². The van der Waals surface area contributed by atoms with E-state index in [0.717, 1.165) is 12.8 Å². The quantitative estimate of drug-likeness (QED) is 0.486. The minimum atomic E-state index is -0.253. The first-order valence-electron chi connectivity index (χ1n) is 9.80. The van der Waals surface area contributed by atoms with Crippen LogP contribution in [0.25, 0.3) is 21.8 Å². The van der Waals surface area contributed by atoms with Crippen molar-refractivity contribution in [2.75, 3.05) is 5.32 Å². The number of benzene rings is 2. The van der Waals surface area contributed by atoms with Crippen LogP contribution in [0.1, 0.15) is 23.2 Å². The van der Waals surface area contributed by atoms with E-state index in [1.165, 1.54) is 11.3 Å². The van der Waals surface area contributed by atoms with Crippen molar-refractivity contribution in [3.8, 4) is 0 Å². The lowest BCUT2D eigenvalue weighted by Gasteiger charge is -2.15. The minimum Gasteiger partial charge on any atom is -0.349 e. The molecule has 2 amide bonds. The molecule has 30 heavy (non-hydrogen) atoms. The highest BCUT2D eigenvalue weighted by Crippen LogP contribution is 2.26. The van der Waals surface area contributed by atoms with Gasteiger partial charge in [-0.25, -0.2) is 0 Å². The summed E-state index contributed by atoms with van der Waals surface area (Å²) in [5.74, 6) is -0.412. The molecule has 1 saturated carbocycles. The third-order valence-electron chi connectivity index (χ3n) is 5.26. The molecular weight excluding hydrogens is 398 g/mol. The predicted molar refractivity (Wildman–Crippen MR) is 119 cm³/mol. The van der Waals surface area contributed by atoms with Crippen molar-refractivity contribution in [2.24, 2.45) is 0 Å². The van der Waals surface area contributed by atoms with E-state index >= 15 is 0 Å². The molecule has 1 fully saturated rings. The Kier molecular flexibility index (Phi) is 4.59. The van der Waals surface area contributed by atoms with Crippen molar-refractivity contribution in [1.29, 1.82) is 0 Å². The van der Waals surface area contributed by atoms with Gasteiger partial charge in [0.25, 0.3) is 5.91 Å². The molecule has 2 aromatic heterocycles. The van der Waals surface area contributed by atoms with Crippen molar-refractivity contribution in [2.45, 2.75) is 25.4 Å². The summed E-state index contributed by atoms with van der Waals surface area (Å²) >= 11 is 1.32. The second-order valence-corrected chi connectivity index (χ2v) is 8.32. The third kappa shape index (κ3) is 3.37. The van der Waals surface area contributed by atoms with E-state index in [4.69, 9.17) is 0 Å². The summed E-state index contributed by atoms with van der Waals surface area (Å²) < 4.78 is 1.85. The summed E-state index contributed by atoms with van der Waals surface area (Å²) in [6, 6.07) is 16.6. The van der Waals surface area contributed by atoms with Crippen LogP contribution in [-0.4, -0.2) is 22.4 Å². The van der Waals surface area contributed by atoms with Gasteiger partial charge in [0, 0.05) is 16.8 Å². The predicted octanol–water partition coefficient (Wildman–Crippen LogP) is 3.75. The topological polar surface area (TPSA) is 80.2 Å². The zero-order valence-corrected chi connectivity index (χ0v) is 16.9. The van der Waals surface area contributed by atoms with Crippen LogP contribution >= 0.6 is 11.3 Å². The Hall–Kier alpha value is -3.45. The highest BCUT2D eigenvalue weighted by Gasteiger charge is 2.25. The lowest BCUT2D eigenvalue weighted by molar-refractivity contribution is -0.116. The average Bonchev–Trinajstić information content (AvgIpc) is 3.45. The first-order valence-corrected chi connectivity index (χ1v) is 10.7. The van der Waals surface area contributed by atoms with Crippen molar-refractivity contribution < 1.29 is 9.59 Å². The molecule has 6 nitrogen and oxygen atoms in total. The highest BCUT2D eigenvalue weighted by molar-refractivity contribution is 7.14. The fourth-order valence-electron chi connectivity index (χ4n) is 3.63. The molecule has 0 bridgehead atoms. The van der Waals surface area contributed by atoms with Crippen LogP contribution in [0, 0.1) is 0 Å². The Morgan fingerprint density at radius 1 is 0.967 bits per heavy atom. The van der Waals surface area contributed by atoms with Crippen LogP contribution in [0.5, 0.6) is 0 Å². The summed E-state index contributed by atoms with van der Waals surface area (Å²) in [5.41, 5.74) is 1.84. The van der Waals surface area contributed by atoms with E-state index in [2.05, 4.69) is 10.6 Å². The van der Waals surface area contributed by atoms with Gasteiger partial charge < -0.3 is 15.2 Å². The first-order chi connectivity index (χ1) is 14.6. The normalized spacial score (nSPS) is 13.5. The Morgan fingerprint density at radius 2 is 1.60 bits per heavy atom. The fraction of sp³-hybridized carbons (Fsp3) is 0.174.